The Labute approximate surface area is 98.1 Å². The van der Waals surface area contributed by atoms with Gasteiger partial charge in [-0.1, -0.05) is 11.8 Å². The molecule has 0 unspecified atom stereocenters. The number of nitrogens with one attached hydrogen (secondary N) is 1. The number of pyridine rings is 1. The summed E-state index contributed by atoms with van der Waals surface area (Å²) in [6.45, 7) is 0. The minimum Gasteiger partial charge on any atom is -0.353 e. The van der Waals surface area contributed by atoms with Crippen LogP contribution in [0, 0.1) is 11.3 Å². The molecular weight excluding hydrogens is 222 g/mol. The summed E-state index contributed by atoms with van der Waals surface area (Å²) in [5, 5.41) is 12.3. The standard InChI is InChI=1S/C11H11N3OS/c12-6-8-2-1-5-13-11(8)16-7-10(15)14-9-3-4-9/h1-2,5,9H,3-4,7H2,(H,14,15). The van der Waals surface area contributed by atoms with Crippen molar-refractivity contribution in [1.82, 2.24) is 10.3 Å². The Balaban J connectivity index is 1.88. The molecule has 1 heterocycles. The average Bonchev–Trinajstić information content (AvgIpc) is 3.10. The molecule has 2 rings (SSSR count). The number of carbonyl (C=O) groups excluding carboxylic acids is 1. The summed E-state index contributed by atoms with van der Waals surface area (Å²) in [5.41, 5.74) is 0.520. The lowest BCUT2D eigenvalue weighted by atomic mass is 10.3. The van der Waals surface area contributed by atoms with Crippen molar-refractivity contribution in [1.29, 1.82) is 5.26 Å². The average molecular weight is 233 g/mol. The van der Waals surface area contributed by atoms with E-state index in [0.717, 1.165) is 12.8 Å². The molecule has 1 amide bonds. The zero-order chi connectivity index (χ0) is 11.4. The predicted molar refractivity (Wildman–Crippen MR) is 60.8 cm³/mol. The molecule has 4 nitrogen and oxygen atoms in total. The van der Waals surface area contributed by atoms with E-state index in [2.05, 4.69) is 16.4 Å². The van der Waals surface area contributed by atoms with E-state index in [1.165, 1.54) is 11.8 Å². The number of amides is 1. The third kappa shape index (κ3) is 2.97. The van der Waals surface area contributed by atoms with E-state index >= 15 is 0 Å². The maximum atomic E-state index is 11.4. The normalized spacial score (nSPS) is 14.2. The van der Waals surface area contributed by atoms with Crippen molar-refractivity contribution in [3.8, 4) is 6.07 Å². The van der Waals surface area contributed by atoms with Crippen LogP contribution in [-0.2, 0) is 4.79 Å². The minimum atomic E-state index is 0.0158. The first-order valence-corrected chi connectivity index (χ1v) is 6.05. The minimum absolute atomic E-state index is 0.0158. The van der Waals surface area contributed by atoms with Crippen LogP contribution in [0.25, 0.3) is 0 Å². The second-order valence-corrected chi connectivity index (χ2v) is 4.56. The lowest BCUT2D eigenvalue weighted by Gasteiger charge is -2.03. The van der Waals surface area contributed by atoms with Crippen LogP contribution in [0.3, 0.4) is 0 Å². The first-order valence-electron chi connectivity index (χ1n) is 5.07. The number of hydrogen-bond acceptors (Lipinski definition) is 4. The summed E-state index contributed by atoms with van der Waals surface area (Å²) in [4.78, 5) is 15.5. The second-order valence-electron chi connectivity index (χ2n) is 3.60. The van der Waals surface area contributed by atoms with Crippen LogP contribution < -0.4 is 5.32 Å². The zero-order valence-corrected chi connectivity index (χ0v) is 9.46. The van der Waals surface area contributed by atoms with Crippen LogP contribution in [0.4, 0.5) is 0 Å². The van der Waals surface area contributed by atoms with Gasteiger partial charge in [-0.3, -0.25) is 4.79 Å². The third-order valence-corrected chi connectivity index (χ3v) is 3.18. The van der Waals surface area contributed by atoms with Gasteiger partial charge in [-0.25, -0.2) is 4.98 Å². The van der Waals surface area contributed by atoms with Crippen LogP contribution in [0.5, 0.6) is 0 Å². The van der Waals surface area contributed by atoms with E-state index in [1.807, 2.05) is 0 Å². The Bertz CT molecular complexity index is 437. The Morgan fingerprint density at radius 3 is 3.19 bits per heavy atom. The maximum Gasteiger partial charge on any atom is 0.230 e. The van der Waals surface area contributed by atoms with Crippen LogP contribution in [-0.4, -0.2) is 22.7 Å². The number of thioether (sulfide) groups is 1. The van der Waals surface area contributed by atoms with Gasteiger partial charge in [0.05, 0.1) is 11.3 Å². The van der Waals surface area contributed by atoms with Crippen LogP contribution in [0.15, 0.2) is 23.4 Å². The topological polar surface area (TPSA) is 65.8 Å². The van der Waals surface area contributed by atoms with Gasteiger partial charge in [-0.15, -0.1) is 0 Å². The number of aromatic nitrogens is 1. The molecule has 82 valence electrons. The first-order chi connectivity index (χ1) is 7.79. The van der Waals surface area contributed by atoms with Gasteiger partial charge in [-0.2, -0.15) is 5.26 Å². The van der Waals surface area contributed by atoms with Gasteiger partial charge in [0.25, 0.3) is 0 Å². The van der Waals surface area contributed by atoms with Crippen molar-refractivity contribution in [3.63, 3.8) is 0 Å². The molecule has 0 aromatic carbocycles. The van der Waals surface area contributed by atoms with Crippen LogP contribution >= 0.6 is 11.8 Å². The van der Waals surface area contributed by atoms with Crippen molar-refractivity contribution >= 4 is 17.7 Å². The summed E-state index contributed by atoms with van der Waals surface area (Å²) >= 11 is 1.30. The van der Waals surface area contributed by atoms with E-state index in [0.29, 0.717) is 22.4 Å². The van der Waals surface area contributed by atoms with E-state index in [1.54, 1.807) is 18.3 Å². The Morgan fingerprint density at radius 2 is 2.50 bits per heavy atom. The highest BCUT2D eigenvalue weighted by atomic mass is 32.2. The van der Waals surface area contributed by atoms with Gasteiger partial charge in [0.1, 0.15) is 11.1 Å². The zero-order valence-electron chi connectivity index (χ0n) is 8.64. The highest BCUT2D eigenvalue weighted by molar-refractivity contribution is 7.99. The highest BCUT2D eigenvalue weighted by Gasteiger charge is 2.23. The SMILES string of the molecule is N#Cc1cccnc1SCC(=O)NC1CC1. The Morgan fingerprint density at radius 1 is 1.69 bits per heavy atom. The highest BCUT2D eigenvalue weighted by Crippen LogP contribution is 2.21. The quantitative estimate of drug-likeness (QED) is 0.797. The smallest absolute Gasteiger partial charge is 0.230 e. The van der Waals surface area contributed by atoms with E-state index in [9.17, 15) is 4.79 Å². The Hall–Kier alpha value is -1.54. The molecule has 1 aliphatic rings. The molecular formula is C11H11N3OS. The fraction of sp³-hybridized carbons (Fsp3) is 0.364. The molecule has 0 saturated heterocycles. The summed E-state index contributed by atoms with van der Waals surface area (Å²) in [6.07, 6.45) is 3.80. The molecule has 0 aliphatic heterocycles. The van der Waals surface area contributed by atoms with Gasteiger partial charge in [0.2, 0.25) is 5.91 Å². The molecule has 0 spiro atoms. The first kappa shape index (κ1) is 11.0. The van der Waals surface area contributed by atoms with Gasteiger partial charge in [0.15, 0.2) is 0 Å². The number of nitriles is 1. The van der Waals surface area contributed by atoms with Crippen LogP contribution in [0.2, 0.25) is 0 Å². The largest absolute Gasteiger partial charge is 0.353 e. The molecule has 0 bridgehead atoms. The summed E-state index contributed by atoms with van der Waals surface area (Å²) in [6, 6.07) is 5.86. The van der Waals surface area contributed by atoms with E-state index < -0.39 is 0 Å². The maximum absolute atomic E-state index is 11.4. The number of nitrogens with zero attached hydrogens (tertiary/aromatic N) is 2. The molecule has 1 aromatic heterocycles. The number of carbonyl (C=O) groups is 1. The molecule has 1 aromatic rings. The molecule has 5 heteroatoms. The Kier molecular flexibility index (Phi) is 3.42. The summed E-state index contributed by atoms with van der Waals surface area (Å²) < 4.78 is 0. The van der Waals surface area contributed by atoms with Crippen molar-refractivity contribution in [2.24, 2.45) is 0 Å². The van der Waals surface area contributed by atoms with Gasteiger partial charge in [-0.05, 0) is 25.0 Å². The number of rotatable bonds is 4. The van der Waals surface area contributed by atoms with Crippen molar-refractivity contribution in [2.75, 3.05) is 5.75 Å². The van der Waals surface area contributed by atoms with Gasteiger partial charge >= 0.3 is 0 Å². The van der Waals surface area contributed by atoms with Crippen molar-refractivity contribution in [3.05, 3.63) is 23.9 Å². The van der Waals surface area contributed by atoms with E-state index in [4.69, 9.17) is 5.26 Å². The predicted octanol–water partition coefficient (Wildman–Crippen LogP) is 1.32. The number of hydrogen-bond donors (Lipinski definition) is 1. The fourth-order valence-corrected chi connectivity index (χ4v) is 1.98. The summed E-state index contributed by atoms with van der Waals surface area (Å²) in [7, 11) is 0. The molecule has 16 heavy (non-hydrogen) atoms. The molecule has 1 N–H and O–H groups in total. The van der Waals surface area contributed by atoms with Crippen LogP contribution in [0.1, 0.15) is 18.4 Å². The molecule has 1 fully saturated rings. The second kappa shape index (κ2) is 4.99. The molecule has 1 saturated carbocycles. The van der Waals surface area contributed by atoms with Gasteiger partial charge in [0, 0.05) is 12.2 Å². The van der Waals surface area contributed by atoms with Crippen molar-refractivity contribution in [2.45, 2.75) is 23.9 Å². The monoisotopic (exact) mass is 233 g/mol. The summed E-state index contributed by atoms with van der Waals surface area (Å²) in [5.74, 6) is 0.337. The lowest BCUT2D eigenvalue weighted by Crippen LogP contribution is -2.27. The van der Waals surface area contributed by atoms with Crippen molar-refractivity contribution < 1.29 is 4.79 Å². The lowest BCUT2D eigenvalue weighted by molar-refractivity contribution is -0.118. The molecule has 1 aliphatic carbocycles. The molecule has 0 atom stereocenters. The third-order valence-electron chi connectivity index (χ3n) is 2.17. The van der Waals surface area contributed by atoms with E-state index in [-0.39, 0.29) is 5.91 Å². The molecule has 0 radical (unpaired) electrons. The van der Waals surface area contributed by atoms with Gasteiger partial charge < -0.3 is 5.32 Å². The fourth-order valence-electron chi connectivity index (χ4n) is 1.22.